The summed E-state index contributed by atoms with van der Waals surface area (Å²) in [4.78, 5) is 29.2. The second-order valence-corrected chi connectivity index (χ2v) is 8.52. The van der Waals surface area contributed by atoms with Gasteiger partial charge in [0.15, 0.2) is 0 Å². The number of nitrogens with one attached hydrogen (secondary N) is 1. The lowest BCUT2D eigenvalue weighted by molar-refractivity contribution is -0.130. The van der Waals surface area contributed by atoms with Crippen LogP contribution in [0.4, 0.5) is 15.8 Å². The lowest BCUT2D eigenvalue weighted by Crippen LogP contribution is -2.39. The van der Waals surface area contributed by atoms with Gasteiger partial charge in [-0.15, -0.1) is 11.8 Å². The molecule has 1 fully saturated rings. The number of carbonyl (C=O) groups excluding carboxylic acids is 2. The number of benzene rings is 2. The summed E-state index contributed by atoms with van der Waals surface area (Å²) in [5.74, 6) is -0.219. The van der Waals surface area contributed by atoms with Crippen molar-refractivity contribution in [3.8, 4) is 0 Å². The number of rotatable bonds is 5. The average molecular weight is 416 g/mol. The van der Waals surface area contributed by atoms with Crippen LogP contribution in [0.3, 0.4) is 0 Å². The molecule has 0 aliphatic carbocycles. The molecule has 2 amide bonds. The lowest BCUT2D eigenvalue weighted by Gasteiger charge is -2.25. The lowest BCUT2D eigenvalue weighted by atomic mass is 10.2. The zero-order chi connectivity index (χ0) is 20.8. The van der Waals surface area contributed by atoms with Crippen molar-refractivity contribution in [1.82, 2.24) is 4.90 Å². The molecule has 29 heavy (non-hydrogen) atoms. The molecule has 3 rings (SSSR count). The Hall–Kier alpha value is -2.54. The van der Waals surface area contributed by atoms with Gasteiger partial charge in [-0.1, -0.05) is 0 Å². The van der Waals surface area contributed by atoms with Crippen LogP contribution in [-0.2, 0) is 9.59 Å². The number of halogens is 1. The van der Waals surface area contributed by atoms with Crippen LogP contribution in [0.1, 0.15) is 20.3 Å². The van der Waals surface area contributed by atoms with Gasteiger partial charge in [0.05, 0.1) is 5.25 Å². The van der Waals surface area contributed by atoms with Crippen molar-refractivity contribution >= 4 is 35.0 Å². The Bertz CT molecular complexity index is 842. The maximum Gasteiger partial charge on any atom is 0.235 e. The standard InChI is InChI=1S/C22H26FN3O2S/c1-16(29-21-10-6-19(7-11-21)24-17(2)27)22(28)26-13-3-12-25(14-15-26)20-8-4-18(23)5-9-20/h4-11,16H,3,12-15H2,1-2H3,(H,24,27). The van der Waals surface area contributed by atoms with E-state index in [1.807, 2.05) is 36.1 Å². The van der Waals surface area contributed by atoms with Gasteiger partial charge < -0.3 is 15.1 Å². The maximum atomic E-state index is 13.2. The fourth-order valence-corrected chi connectivity index (χ4v) is 4.33. The van der Waals surface area contributed by atoms with E-state index in [1.54, 1.807) is 12.1 Å². The summed E-state index contributed by atoms with van der Waals surface area (Å²) in [6.45, 7) is 6.37. The number of hydrogen-bond acceptors (Lipinski definition) is 4. The number of anilines is 2. The average Bonchev–Trinajstić information content (AvgIpc) is 2.95. The monoisotopic (exact) mass is 415 g/mol. The summed E-state index contributed by atoms with van der Waals surface area (Å²) in [6.07, 6.45) is 0.881. The van der Waals surface area contributed by atoms with Crippen LogP contribution in [0.25, 0.3) is 0 Å². The topological polar surface area (TPSA) is 52.7 Å². The van der Waals surface area contributed by atoms with Gasteiger partial charge in [-0.05, 0) is 61.9 Å². The van der Waals surface area contributed by atoms with Gasteiger partial charge in [-0.2, -0.15) is 0 Å². The number of amides is 2. The largest absolute Gasteiger partial charge is 0.370 e. The fourth-order valence-electron chi connectivity index (χ4n) is 3.38. The normalized spacial score (nSPS) is 15.6. The summed E-state index contributed by atoms with van der Waals surface area (Å²) >= 11 is 1.52. The van der Waals surface area contributed by atoms with E-state index < -0.39 is 0 Å². The van der Waals surface area contributed by atoms with E-state index in [0.717, 1.165) is 42.3 Å². The summed E-state index contributed by atoms with van der Waals surface area (Å²) in [7, 11) is 0. The van der Waals surface area contributed by atoms with Crippen molar-refractivity contribution in [3.63, 3.8) is 0 Å². The first-order valence-corrected chi connectivity index (χ1v) is 10.6. The van der Waals surface area contributed by atoms with E-state index in [1.165, 1.54) is 30.8 Å². The molecule has 0 spiro atoms. The van der Waals surface area contributed by atoms with Crippen molar-refractivity contribution in [2.45, 2.75) is 30.4 Å². The highest BCUT2D eigenvalue weighted by Crippen LogP contribution is 2.26. The minimum atomic E-state index is -0.240. The van der Waals surface area contributed by atoms with Crippen molar-refractivity contribution in [2.75, 3.05) is 36.4 Å². The van der Waals surface area contributed by atoms with E-state index in [0.29, 0.717) is 6.54 Å². The first-order valence-electron chi connectivity index (χ1n) is 9.76. The van der Waals surface area contributed by atoms with Gasteiger partial charge in [0, 0.05) is 49.4 Å². The van der Waals surface area contributed by atoms with E-state index in [9.17, 15) is 14.0 Å². The number of nitrogens with zero attached hydrogens (tertiary/aromatic N) is 2. The molecule has 154 valence electrons. The molecule has 1 aliphatic rings. The van der Waals surface area contributed by atoms with Gasteiger partial charge in [-0.25, -0.2) is 4.39 Å². The molecule has 1 atom stereocenters. The van der Waals surface area contributed by atoms with Crippen LogP contribution in [0, 0.1) is 5.82 Å². The van der Waals surface area contributed by atoms with Crippen molar-refractivity contribution in [1.29, 1.82) is 0 Å². The molecule has 1 heterocycles. The number of thioether (sulfide) groups is 1. The van der Waals surface area contributed by atoms with Gasteiger partial charge in [0.2, 0.25) is 11.8 Å². The van der Waals surface area contributed by atoms with E-state index >= 15 is 0 Å². The van der Waals surface area contributed by atoms with E-state index in [2.05, 4.69) is 10.2 Å². The quantitative estimate of drug-likeness (QED) is 0.750. The molecule has 0 aromatic heterocycles. The zero-order valence-corrected chi connectivity index (χ0v) is 17.5. The summed E-state index contributed by atoms with van der Waals surface area (Å²) in [5, 5.41) is 2.54. The van der Waals surface area contributed by atoms with Crippen LogP contribution in [-0.4, -0.2) is 48.1 Å². The molecule has 2 aromatic rings. The van der Waals surface area contributed by atoms with Crippen LogP contribution in [0.15, 0.2) is 53.4 Å². The summed E-state index contributed by atoms with van der Waals surface area (Å²) in [5.41, 5.74) is 1.73. The highest BCUT2D eigenvalue weighted by atomic mass is 32.2. The van der Waals surface area contributed by atoms with Gasteiger partial charge in [0.1, 0.15) is 5.82 Å². The molecular weight excluding hydrogens is 389 g/mol. The third-order valence-corrected chi connectivity index (χ3v) is 5.93. The zero-order valence-electron chi connectivity index (χ0n) is 16.7. The SMILES string of the molecule is CC(=O)Nc1ccc(SC(C)C(=O)N2CCCN(c3ccc(F)cc3)CC2)cc1. The summed E-state index contributed by atoms with van der Waals surface area (Å²) < 4.78 is 13.2. The molecule has 0 bridgehead atoms. The molecule has 1 N–H and O–H groups in total. The van der Waals surface area contributed by atoms with Gasteiger partial charge >= 0.3 is 0 Å². The fraction of sp³-hybridized carbons (Fsp3) is 0.364. The Morgan fingerprint density at radius 2 is 1.69 bits per heavy atom. The van der Waals surface area contributed by atoms with Crippen LogP contribution < -0.4 is 10.2 Å². The van der Waals surface area contributed by atoms with Crippen LogP contribution in [0.2, 0.25) is 0 Å². The first kappa shape index (κ1) is 21.2. The minimum Gasteiger partial charge on any atom is -0.370 e. The highest BCUT2D eigenvalue weighted by molar-refractivity contribution is 8.00. The molecular formula is C22H26FN3O2S. The third-order valence-electron chi connectivity index (χ3n) is 4.83. The highest BCUT2D eigenvalue weighted by Gasteiger charge is 2.24. The Balaban J connectivity index is 1.55. The molecule has 0 radical (unpaired) electrons. The second-order valence-electron chi connectivity index (χ2n) is 7.11. The molecule has 1 unspecified atom stereocenters. The van der Waals surface area contributed by atoms with Crippen LogP contribution >= 0.6 is 11.8 Å². The molecule has 2 aromatic carbocycles. The molecule has 5 nitrogen and oxygen atoms in total. The van der Waals surface area contributed by atoms with Crippen molar-refractivity contribution < 1.29 is 14.0 Å². The Kier molecular flexibility index (Phi) is 7.14. The van der Waals surface area contributed by atoms with Crippen LogP contribution in [0.5, 0.6) is 0 Å². The predicted octanol–water partition coefficient (Wildman–Crippen LogP) is 4.00. The predicted molar refractivity (Wildman–Crippen MR) is 116 cm³/mol. The van der Waals surface area contributed by atoms with Crippen molar-refractivity contribution in [3.05, 3.63) is 54.3 Å². The summed E-state index contributed by atoms with van der Waals surface area (Å²) in [6, 6.07) is 14.0. The van der Waals surface area contributed by atoms with E-state index in [-0.39, 0.29) is 22.9 Å². The molecule has 1 saturated heterocycles. The minimum absolute atomic E-state index is 0.107. The first-order chi connectivity index (χ1) is 13.9. The smallest absolute Gasteiger partial charge is 0.235 e. The Morgan fingerprint density at radius 3 is 2.34 bits per heavy atom. The number of carbonyl (C=O) groups is 2. The molecule has 7 heteroatoms. The third kappa shape index (κ3) is 5.97. The Labute approximate surface area is 175 Å². The van der Waals surface area contributed by atoms with E-state index in [4.69, 9.17) is 0 Å². The number of hydrogen-bond donors (Lipinski definition) is 1. The molecule has 0 saturated carbocycles. The Morgan fingerprint density at radius 1 is 1.00 bits per heavy atom. The van der Waals surface area contributed by atoms with Gasteiger partial charge in [-0.3, -0.25) is 9.59 Å². The molecule has 1 aliphatic heterocycles. The van der Waals surface area contributed by atoms with Gasteiger partial charge in [0.25, 0.3) is 0 Å². The maximum absolute atomic E-state index is 13.2. The van der Waals surface area contributed by atoms with Crippen molar-refractivity contribution in [2.24, 2.45) is 0 Å². The second kappa shape index (κ2) is 9.78.